The minimum atomic E-state index is -0.0986. The number of nitrogens with one attached hydrogen (secondary N) is 1. The Balaban J connectivity index is 2.87. The molecule has 3 heteroatoms. The third kappa shape index (κ3) is 1.63. The molecular formula is C13H14ClNO. The van der Waals surface area contributed by atoms with Crippen LogP contribution >= 0.6 is 11.6 Å². The number of hydrogen-bond acceptors (Lipinski definition) is 1. The van der Waals surface area contributed by atoms with Gasteiger partial charge in [0, 0.05) is 22.1 Å². The maximum Gasteiger partial charge on any atom is 0.152 e. The zero-order valence-electron chi connectivity index (χ0n) is 9.60. The molecule has 0 radical (unpaired) electrons. The van der Waals surface area contributed by atoms with Crippen molar-refractivity contribution in [3.8, 4) is 0 Å². The molecule has 0 spiro atoms. The molecule has 0 bridgehead atoms. The Hall–Kier alpha value is -1.28. The van der Waals surface area contributed by atoms with Crippen LogP contribution in [0, 0.1) is 0 Å². The van der Waals surface area contributed by atoms with Crippen LogP contribution < -0.4 is 0 Å². The number of rotatable bonds is 1. The molecule has 0 atom stereocenters. The summed E-state index contributed by atoms with van der Waals surface area (Å²) in [7, 11) is 0. The summed E-state index contributed by atoms with van der Waals surface area (Å²) in [6, 6.07) is 5.59. The first-order valence-corrected chi connectivity index (χ1v) is 5.59. The molecule has 2 rings (SSSR count). The van der Waals surface area contributed by atoms with Crippen LogP contribution in [0.3, 0.4) is 0 Å². The zero-order chi connectivity index (χ0) is 11.9. The quantitative estimate of drug-likeness (QED) is 0.747. The Morgan fingerprint density at radius 2 is 2.00 bits per heavy atom. The Labute approximate surface area is 99.6 Å². The Morgan fingerprint density at radius 3 is 2.56 bits per heavy atom. The Bertz CT molecular complexity index is 549. The van der Waals surface area contributed by atoms with Crippen LogP contribution in [0.15, 0.2) is 18.2 Å². The molecule has 1 aromatic heterocycles. The van der Waals surface area contributed by atoms with Crippen molar-refractivity contribution in [3.63, 3.8) is 0 Å². The second-order valence-electron chi connectivity index (χ2n) is 4.94. The van der Waals surface area contributed by atoms with Crippen LogP contribution in [0.1, 0.15) is 36.8 Å². The van der Waals surface area contributed by atoms with Crippen molar-refractivity contribution in [2.75, 3.05) is 0 Å². The molecule has 0 amide bonds. The number of para-hydroxylation sites is 1. The fourth-order valence-corrected chi connectivity index (χ4v) is 2.14. The molecule has 0 aliphatic rings. The second-order valence-corrected chi connectivity index (χ2v) is 5.35. The van der Waals surface area contributed by atoms with E-state index in [1.807, 2.05) is 18.2 Å². The van der Waals surface area contributed by atoms with Gasteiger partial charge in [-0.2, -0.15) is 0 Å². The summed E-state index contributed by atoms with van der Waals surface area (Å²) in [6.45, 7) is 6.20. The van der Waals surface area contributed by atoms with E-state index >= 15 is 0 Å². The monoisotopic (exact) mass is 235 g/mol. The number of aldehydes is 1. The molecule has 0 unspecified atom stereocenters. The van der Waals surface area contributed by atoms with Crippen molar-refractivity contribution < 1.29 is 4.79 Å². The largest absolute Gasteiger partial charge is 0.356 e. The molecule has 1 aromatic carbocycles. The molecule has 0 fully saturated rings. The van der Waals surface area contributed by atoms with Crippen LogP contribution in [0.25, 0.3) is 10.9 Å². The first-order chi connectivity index (χ1) is 7.45. The van der Waals surface area contributed by atoms with Crippen molar-refractivity contribution >= 4 is 28.8 Å². The fraction of sp³-hybridized carbons (Fsp3) is 0.308. The molecule has 0 saturated carbocycles. The first kappa shape index (κ1) is 11.2. The van der Waals surface area contributed by atoms with E-state index in [9.17, 15) is 4.79 Å². The van der Waals surface area contributed by atoms with E-state index in [0.29, 0.717) is 10.6 Å². The number of hydrogen-bond donors (Lipinski definition) is 1. The first-order valence-electron chi connectivity index (χ1n) is 5.21. The van der Waals surface area contributed by atoms with Gasteiger partial charge in [-0.1, -0.05) is 44.5 Å². The SMILES string of the molecule is CC(C)(C)c1[nH]c2c(Cl)cccc2c1C=O. The number of H-pyrrole nitrogens is 1. The predicted octanol–water partition coefficient (Wildman–Crippen LogP) is 3.93. The van der Waals surface area contributed by atoms with Gasteiger partial charge in [0.1, 0.15) is 0 Å². The lowest BCUT2D eigenvalue weighted by atomic mass is 9.89. The molecular weight excluding hydrogens is 222 g/mol. The number of aromatic amines is 1. The van der Waals surface area contributed by atoms with Crippen molar-refractivity contribution in [2.24, 2.45) is 0 Å². The number of carbonyl (C=O) groups excluding carboxylic acids is 1. The van der Waals surface area contributed by atoms with Gasteiger partial charge in [-0.15, -0.1) is 0 Å². The summed E-state index contributed by atoms with van der Waals surface area (Å²) < 4.78 is 0. The molecule has 0 aliphatic carbocycles. The normalized spacial score (nSPS) is 12.0. The maximum absolute atomic E-state index is 11.2. The standard InChI is InChI=1S/C13H14ClNO/c1-13(2,3)12-9(7-16)8-5-4-6-10(14)11(8)15-12/h4-7,15H,1-3H3. The van der Waals surface area contributed by atoms with Crippen LogP contribution in [0.2, 0.25) is 5.02 Å². The highest BCUT2D eigenvalue weighted by molar-refractivity contribution is 6.35. The minimum Gasteiger partial charge on any atom is -0.356 e. The number of halogens is 1. The fourth-order valence-electron chi connectivity index (χ4n) is 1.92. The zero-order valence-corrected chi connectivity index (χ0v) is 10.4. The smallest absolute Gasteiger partial charge is 0.152 e. The summed E-state index contributed by atoms with van der Waals surface area (Å²) in [5.41, 5.74) is 2.39. The van der Waals surface area contributed by atoms with Gasteiger partial charge in [-0.3, -0.25) is 4.79 Å². The van der Waals surface area contributed by atoms with Crippen LogP contribution in [0.5, 0.6) is 0 Å². The van der Waals surface area contributed by atoms with E-state index in [2.05, 4.69) is 25.8 Å². The summed E-state index contributed by atoms with van der Waals surface area (Å²) in [5, 5.41) is 1.54. The van der Waals surface area contributed by atoms with Gasteiger partial charge < -0.3 is 4.98 Å². The lowest BCUT2D eigenvalue weighted by Gasteiger charge is -2.17. The topological polar surface area (TPSA) is 32.9 Å². The van der Waals surface area contributed by atoms with Crippen molar-refractivity contribution in [2.45, 2.75) is 26.2 Å². The average molecular weight is 236 g/mol. The van der Waals surface area contributed by atoms with Gasteiger partial charge in [-0.05, 0) is 6.07 Å². The molecule has 2 nitrogen and oxygen atoms in total. The van der Waals surface area contributed by atoms with Gasteiger partial charge in [0.2, 0.25) is 0 Å². The minimum absolute atomic E-state index is 0.0986. The Kier molecular flexibility index (Phi) is 2.55. The third-order valence-electron chi connectivity index (χ3n) is 2.69. The van der Waals surface area contributed by atoms with Gasteiger partial charge in [0.05, 0.1) is 10.5 Å². The highest BCUT2D eigenvalue weighted by Gasteiger charge is 2.22. The van der Waals surface area contributed by atoms with E-state index in [1.54, 1.807) is 0 Å². The summed E-state index contributed by atoms with van der Waals surface area (Å²) in [6.07, 6.45) is 0.899. The second kappa shape index (κ2) is 3.63. The van der Waals surface area contributed by atoms with Gasteiger partial charge >= 0.3 is 0 Å². The predicted molar refractivity (Wildman–Crippen MR) is 67.4 cm³/mol. The van der Waals surface area contributed by atoms with Gasteiger partial charge in [0.25, 0.3) is 0 Å². The molecule has 1 N–H and O–H groups in total. The molecule has 2 aromatic rings. The number of carbonyl (C=O) groups is 1. The van der Waals surface area contributed by atoms with E-state index in [4.69, 9.17) is 11.6 Å². The molecule has 1 heterocycles. The van der Waals surface area contributed by atoms with E-state index in [1.165, 1.54) is 0 Å². The molecule has 84 valence electrons. The number of benzene rings is 1. The van der Waals surface area contributed by atoms with E-state index in [-0.39, 0.29) is 5.41 Å². The van der Waals surface area contributed by atoms with Crippen molar-refractivity contribution in [3.05, 3.63) is 34.5 Å². The van der Waals surface area contributed by atoms with Crippen LogP contribution in [0.4, 0.5) is 0 Å². The van der Waals surface area contributed by atoms with E-state index < -0.39 is 0 Å². The van der Waals surface area contributed by atoms with Crippen LogP contribution in [-0.2, 0) is 5.41 Å². The van der Waals surface area contributed by atoms with Crippen molar-refractivity contribution in [1.82, 2.24) is 4.98 Å². The highest BCUT2D eigenvalue weighted by atomic mass is 35.5. The van der Waals surface area contributed by atoms with Gasteiger partial charge in [0.15, 0.2) is 6.29 Å². The van der Waals surface area contributed by atoms with E-state index in [0.717, 1.165) is 22.9 Å². The summed E-state index contributed by atoms with van der Waals surface area (Å²) in [5.74, 6) is 0. The molecule has 0 aliphatic heterocycles. The highest BCUT2D eigenvalue weighted by Crippen LogP contribution is 2.33. The number of aromatic nitrogens is 1. The average Bonchev–Trinajstić information content (AvgIpc) is 2.57. The molecule has 0 saturated heterocycles. The van der Waals surface area contributed by atoms with Crippen molar-refractivity contribution in [1.29, 1.82) is 0 Å². The van der Waals surface area contributed by atoms with Crippen LogP contribution in [-0.4, -0.2) is 11.3 Å². The lowest BCUT2D eigenvalue weighted by Crippen LogP contribution is -2.13. The third-order valence-corrected chi connectivity index (χ3v) is 3.01. The Morgan fingerprint density at radius 1 is 1.31 bits per heavy atom. The van der Waals surface area contributed by atoms with Gasteiger partial charge in [-0.25, -0.2) is 0 Å². The number of fused-ring (bicyclic) bond motifs is 1. The lowest BCUT2D eigenvalue weighted by molar-refractivity contribution is 0.112. The molecule has 16 heavy (non-hydrogen) atoms. The summed E-state index contributed by atoms with van der Waals surface area (Å²) in [4.78, 5) is 14.5. The maximum atomic E-state index is 11.2. The summed E-state index contributed by atoms with van der Waals surface area (Å²) >= 11 is 6.10.